The van der Waals surface area contributed by atoms with Crippen molar-refractivity contribution < 1.29 is 9.18 Å². The number of hydrogen-bond donors (Lipinski definition) is 3. The summed E-state index contributed by atoms with van der Waals surface area (Å²) in [6, 6.07) is 9.87. The maximum atomic E-state index is 13.7. The molecule has 0 aliphatic rings. The second-order valence-electron chi connectivity index (χ2n) is 4.58. The standard InChI is InChI=1S/C15H16FN3O/c1-9-6-7-13(19-17)11(8-9)15(20)18-14-10(2)4-3-5-12(14)16/h3-8,19H,17H2,1-2H3,(H,18,20). The van der Waals surface area contributed by atoms with Crippen LogP contribution in [0.15, 0.2) is 36.4 Å². The molecule has 2 aromatic rings. The summed E-state index contributed by atoms with van der Waals surface area (Å²) in [5, 5.41) is 2.59. The summed E-state index contributed by atoms with van der Waals surface area (Å²) in [7, 11) is 0. The minimum atomic E-state index is -0.465. The van der Waals surface area contributed by atoms with E-state index >= 15 is 0 Å². The first-order chi connectivity index (χ1) is 9.52. The topological polar surface area (TPSA) is 67.1 Å². The Morgan fingerprint density at radius 2 is 1.95 bits per heavy atom. The molecule has 0 spiro atoms. The number of nitrogens with one attached hydrogen (secondary N) is 2. The predicted octanol–water partition coefficient (Wildman–Crippen LogP) is 2.98. The molecular weight excluding hydrogens is 257 g/mol. The van der Waals surface area contributed by atoms with Gasteiger partial charge in [0.05, 0.1) is 16.9 Å². The molecule has 0 unspecified atom stereocenters. The van der Waals surface area contributed by atoms with Gasteiger partial charge in [-0.1, -0.05) is 23.8 Å². The fourth-order valence-corrected chi connectivity index (χ4v) is 1.94. The Morgan fingerprint density at radius 3 is 2.60 bits per heavy atom. The number of nitrogens with two attached hydrogens (primary N) is 1. The molecule has 4 nitrogen and oxygen atoms in total. The lowest BCUT2D eigenvalue weighted by molar-refractivity contribution is 0.102. The fraction of sp³-hybridized carbons (Fsp3) is 0.133. The van der Waals surface area contributed by atoms with Crippen molar-refractivity contribution in [2.24, 2.45) is 5.84 Å². The first kappa shape index (κ1) is 14.0. The third kappa shape index (κ3) is 2.78. The van der Waals surface area contributed by atoms with Gasteiger partial charge in [0.1, 0.15) is 5.82 Å². The van der Waals surface area contributed by atoms with E-state index in [-0.39, 0.29) is 5.69 Å². The van der Waals surface area contributed by atoms with Crippen molar-refractivity contribution in [3.8, 4) is 0 Å². The van der Waals surface area contributed by atoms with Gasteiger partial charge in [0.2, 0.25) is 0 Å². The number of rotatable bonds is 3. The van der Waals surface area contributed by atoms with E-state index in [4.69, 9.17) is 5.84 Å². The van der Waals surface area contributed by atoms with Gasteiger partial charge < -0.3 is 10.7 Å². The summed E-state index contributed by atoms with van der Waals surface area (Å²) in [6.07, 6.45) is 0. The Hall–Kier alpha value is -2.40. The van der Waals surface area contributed by atoms with Crippen molar-refractivity contribution >= 4 is 17.3 Å². The largest absolute Gasteiger partial charge is 0.323 e. The SMILES string of the molecule is Cc1ccc(NN)c(C(=O)Nc2c(C)cccc2F)c1. The molecule has 0 saturated heterocycles. The maximum absolute atomic E-state index is 13.7. The van der Waals surface area contributed by atoms with Crippen LogP contribution < -0.4 is 16.6 Å². The van der Waals surface area contributed by atoms with Crippen molar-refractivity contribution in [2.75, 3.05) is 10.7 Å². The van der Waals surface area contributed by atoms with Crippen LogP contribution in [0.2, 0.25) is 0 Å². The van der Waals surface area contributed by atoms with Crippen LogP contribution >= 0.6 is 0 Å². The molecule has 0 radical (unpaired) electrons. The molecule has 0 heterocycles. The highest BCUT2D eigenvalue weighted by Crippen LogP contribution is 2.22. The molecule has 0 fully saturated rings. The van der Waals surface area contributed by atoms with Gasteiger partial charge >= 0.3 is 0 Å². The minimum Gasteiger partial charge on any atom is -0.323 e. The van der Waals surface area contributed by atoms with E-state index in [2.05, 4.69) is 10.7 Å². The Morgan fingerprint density at radius 1 is 1.20 bits per heavy atom. The fourth-order valence-electron chi connectivity index (χ4n) is 1.94. The average molecular weight is 273 g/mol. The molecule has 0 saturated carbocycles. The lowest BCUT2D eigenvalue weighted by atomic mass is 10.1. The number of anilines is 2. The molecule has 2 aromatic carbocycles. The summed E-state index contributed by atoms with van der Waals surface area (Å²) in [5.74, 6) is 4.52. The van der Waals surface area contributed by atoms with Crippen LogP contribution in [0.1, 0.15) is 21.5 Å². The molecule has 5 heteroatoms. The van der Waals surface area contributed by atoms with E-state index in [9.17, 15) is 9.18 Å². The van der Waals surface area contributed by atoms with Crippen LogP contribution in [0.5, 0.6) is 0 Å². The predicted molar refractivity (Wildman–Crippen MR) is 78.1 cm³/mol. The molecule has 20 heavy (non-hydrogen) atoms. The monoisotopic (exact) mass is 273 g/mol. The van der Waals surface area contributed by atoms with Gasteiger partial charge in [-0.2, -0.15) is 0 Å². The Kier molecular flexibility index (Phi) is 4.00. The first-order valence-corrected chi connectivity index (χ1v) is 6.16. The van der Waals surface area contributed by atoms with Gasteiger partial charge in [-0.25, -0.2) is 4.39 Å². The Balaban J connectivity index is 2.35. The van der Waals surface area contributed by atoms with Crippen LogP contribution in [-0.2, 0) is 0 Å². The van der Waals surface area contributed by atoms with Gasteiger partial charge in [-0.3, -0.25) is 10.6 Å². The molecule has 0 bridgehead atoms. The zero-order valence-electron chi connectivity index (χ0n) is 11.3. The third-order valence-corrected chi connectivity index (χ3v) is 3.04. The van der Waals surface area contributed by atoms with Gasteiger partial charge in [0.15, 0.2) is 0 Å². The third-order valence-electron chi connectivity index (χ3n) is 3.04. The van der Waals surface area contributed by atoms with E-state index in [0.717, 1.165) is 5.56 Å². The molecular formula is C15H16FN3O. The quantitative estimate of drug-likeness (QED) is 0.595. The molecule has 4 N–H and O–H groups in total. The van der Waals surface area contributed by atoms with Crippen LogP contribution in [-0.4, -0.2) is 5.91 Å². The van der Waals surface area contributed by atoms with Gasteiger partial charge in [0.25, 0.3) is 5.91 Å². The normalized spacial score (nSPS) is 10.2. The van der Waals surface area contributed by atoms with Crippen molar-refractivity contribution in [2.45, 2.75) is 13.8 Å². The van der Waals surface area contributed by atoms with Gasteiger partial charge in [-0.05, 0) is 37.6 Å². The zero-order valence-corrected chi connectivity index (χ0v) is 11.3. The maximum Gasteiger partial charge on any atom is 0.257 e. The molecule has 2 rings (SSSR count). The summed E-state index contributed by atoms with van der Waals surface area (Å²) in [6.45, 7) is 3.60. The van der Waals surface area contributed by atoms with E-state index in [0.29, 0.717) is 16.8 Å². The van der Waals surface area contributed by atoms with Crippen molar-refractivity contribution in [3.63, 3.8) is 0 Å². The minimum absolute atomic E-state index is 0.182. The van der Waals surface area contributed by atoms with E-state index < -0.39 is 11.7 Å². The number of aryl methyl sites for hydroxylation is 2. The second-order valence-corrected chi connectivity index (χ2v) is 4.58. The van der Waals surface area contributed by atoms with E-state index in [1.165, 1.54) is 6.07 Å². The Bertz CT molecular complexity index is 635. The second kappa shape index (κ2) is 5.71. The smallest absolute Gasteiger partial charge is 0.257 e. The summed E-state index contributed by atoms with van der Waals surface area (Å²) >= 11 is 0. The number of hydrogen-bond acceptors (Lipinski definition) is 3. The molecule has 1 amide bonds. The molecule has 0 aliphatic carbocycles. The van der Waals surface area contributed by atoms with Gasteiger partial charge in [-0.15, -0.1) is 0 Å². The zero-order chi connectivity index (χ0) is 14.7. The number of carbonyl (C=O) groups is 1. The Labute approximate surface area is 116 Å². The van der Waals surface area contributed by atoms with Crippen LogP contribution in [0.3, 0.4) is 0 Å². The number of benzene rings is 2. The molecule has 0 atom stereocenters. The summed E-state index contributed by atoms with van der Waals surface area (Å²) in [4.78, 5) is 12.3. The summed E-state index contributed by atoms with van der Waals surface area (Å²) < 4.78 is 13.7. The molecule has 104 valence electrons. The van der Waals surface area contributed by atoms with Crippen molar-refractivity contribution in [1.29, 1.82) is 0 Å². The average Bonchev–Trinajstić information content (AvgIpc) is 2.43. The van der Waals surface area contributed by atoms with Crippen LogP contribution in [0, 0.1) is 19.7 Å². The number of hydrazine groups is 1. The molecule has 0 aliphatic heterocycles. The lowest BCUT2D eigenvalue weighted by Crippen LogP contribution is -2.18. The molecule has 0 aromatic heterocycles. The van der Waals surface area contributed by atoms with E-state index in [1.807, 2.05) is 13.0 Å². The lowest BCUT2D eigenvalue weighted by Gasteiger charge is -2.12. The van der Waals surface area contributed by atoms with Crippen LogP contribution in [0.4, 0.5) is 15.8 Å². The highest BCUT2D eigenvalue weighted by atomic mass is 19.1. The number of carbonyl (C=O) groups excluding carboxylic acids is 1. The number of halogens is 1. The summed E-state index contributed by atoms with van der Waals surface area (Å²) in [5.41, 5.74) is 5.08. The van der Waals surface area contributed by atoms with E-state index in [1.54, 1.807) is 31.2 Å². The number of nitrogen functional groups attached to an aromatic ring is 1. The van der Waals surface area contributed by atoms with Crippen LogP contribution in [0.25, 0.3) is 0 Å². The van der Waals surface area contributed by atoms with Crippen molar-refractivity contribution in [3.05, 3.63) is 58.9 Å². The highest BCUT2D eigenvalue weighted by molar-refractivity contribution is 6.08. The van der Waals surface area contributed by atoms with Gasteiger partial charge in [0, 0.05) is 0 Å². The number of amides is 1. The first-order valence-electron chi connectivity index (χ1n) is 6.16. The highest BCUT2D eigenvalue weighted by Gasteiger charge is 2.14. The number of para-hydroxylation sites is 1. The van der Waals surface area contributed by atoms with Crippen molar-refractivity contribution in [1.82, 2.24) is 0 Å².